The maximum Gasteiger partial charge on any atom is 0.145 e. The molecule has 0 aliphatic carbocycles. The van der Waals surface area contributed by atoms with E-state index in [0.717, 1.165) is 13.1 Å². The third-order valence-corrected chi connectivity index (χ3v) is 2.40. The molecule has 86 valence electrons. The number of hydrogen-bond acceptors (Lipinski definition) is 4. The van der Waals surface area contributed by atoms with Crippen molar-refractivity contribution in [1.29, 1.82) is 0 Å². The van der Waals surface area contributed by atoms with Crippen molar-refractivity contribution < 1.29 is 5.11 Å². The van der Waals surface area contributed by atoms with E-state index in [4.69, 9.17) is 10.8 Å². The van der Waals surface area contributed by atoms with Crippen molar-refractivity contribution in [3.05, 3.63) is 12.3 Å². The summed E-state index contributed by atoms with van der Waals surface area (Å²) in [5.41, 5.74) is 5.52. The van der Waals surface area contributed by atoms with Gasteiger partial charge in [0.15, 0.2) is 0 Å². The topological polar surface area (TPSA) is 67.3 Å². The molecule has 1 aromatic rings. The molecular formula is C10H20N4O. The fraction of sp³-hybridized carbons (Fsp3) is 0.700. The average molecular weight is 212 g/mol. The number of nitrogens with zero attached hydrogens (tertiary/aromatic N) is 3. The zero-order chi connectivity index (χ0) is 11.3. The molecule has 5 nitrogen and oxygen atoms in total. The summed E-state index contributed by atoms with van der Waals surface area (Å²) < 4.78 is 1.82. The normalized spacial score (nSPS) is 11.5. The van der Waals surface area contributed by atoms with Crippen molar-refractivity contribution in [1.82, 2.24) is 14.7 Å². The summed E-state index contributed by atoms with van der Waals surface area (Å²) in [4.78, 5) is 2.21. The van der Waals surface area contributed by atoms with E-state index in [2.05, 4.69) is 23.8 Å². The smallest absolute Gasteiger partial charge is 0.145 e. The Kier molecular flexibility index (Phi) is 4.58. The number of anilines is 1. The average Bonchev–Trinajstić information content (AvgIpc) is 2.58. The van der Waals surface area contributed by atoms with E-state index in [1.54, 1.807) is 6.07 Å². The Morgan fingerprint density at radius 3 is 2.73 bits per heavy atom. The molecule has 1 aromatic heterocycles. The molecule has 1 rings (SSSR count). The zero-order valence-electron chi connectivity index (χ0n) is 9.43. The first-order chi connectivity index (χ1) is 7.13. The lowest BCUT2D eigenvalue weighted by Crippen LogP contribution is -2.36. The van der Waals surface area contributed by atoms with Crippen molar-refractivity contribution in [2.24, 2.45) is 0 Å². The minimum Gasteiger partial charge on any atom is -0.395 e. The predicted molar refractivity (Wildman–Crippen MR) is 60.4 cm³/mol. The summed E-state index contributed by atoms with van der Waals surface area (Å²) in [6.45, 7) is 6.81. The molecule has 0 saturated heterocycles. The van der Waals surface area contributed by atoms with Gasteiger partial charge in [-0.15, -0.1) is 0 Å². The second kappa shape index (κ2) is 5.72. The van der Waals surface area contributed by atoms with Crippen molar-refractivity contribution in [3.63, 3.8) is 0 Å². The Bertz CT molecular complexity index is 285. The quantitative estimate of drug-likeness (QED) is 0.705. The third kappa shape index (κ3) is 3.89. The van der Waals surface area contributed by atoms with Crippen LogP contribution < -0.4 is 5.73 Å². The van der Waals surface area contributed by atoms with E-state index in [0.29, 0.717) is 18.4 Å². The van der Waals surface area contributed by atoms with Gasteiger partial charge in [0.25, 0.3) is 0 Å². The first-order valence-electron chi connectivity index (χ1n) is 5.27. The van der Waals surface area contributed by atoms with Gasteiger partial charge in [0.1, 0.15) is 5.82 Å². The van der Waals surface area contributed by atoms with Crippen LogP contribution in [0, 0.1) is 0 Å². The van der Waals surface area contributed by atoms with Crippen molar-refractivity contribution in [2.75, 3.05) is 25.4 Å². The van der Waals surface area contributed by atoms with Crippen LogP contribution in [0.15, 0.2) is 12.3 Å². The van der Waals surface area contributed by atoms with E-state index in [-0.39, 0.29) is 6.61 Å². The maximum atomic E-state index is 8.90. The summed E-state index contributed by atoms with van der Waals surface area (Å²) in [6, 6.07) is 2.22. The van der Waals surface area contributed by atoms with Gasteiger partial charge in [0, 0.05) is 25.3 Å². The molecule has 5 heteroatoms. The van der Waals surface area contributed by atoms with Gasteiger partial charge < -0.3 is 10.8 Å². The van der Waals surface area contributed by atoms with Crippen LogP contribution in [0.25, 0.3) is 0 Å². The molecule has 1 heterocycles. The molecule has 15 heavy (non-hydrogen) atoms. The summed E-state index contributed by atoms with van der Waals surface area (Å²) >= 11 is 0. The second-order valence-electron chi connectivity index (χ2n) is 3.86. The van der Waals surface area contributed by atoms with Gasteiger partial charge in [-0.1, -0.05) is 0 Å². The number of nitrogen functional groups attached to an aromatic ring is 1. The molecular weight excluding hydrogens is 192 g/mol. The Balaban J connectivity index is 2.39. The van der Waals surface area contributed by atoms with E-state index in [9.17, 15) is 0 Å². The van der Waals surface area contributed by atoms with E-state index in [1.807, 2.05) is 10.9 Å². The number of aliphatic hydroxyl groups excluding tert-OH is 1. The van der Waals surface area contributed by atoms with Crippen LogP contribution in [0.5, 0.6) is 0 Å². The second-order valence-corrected chi connectivity index (χ2v) is 3.86. The molecule has 0 bridgehead atoms. The Morgan fingerprint density at radius 2 is 2.27 bits per heavy atom. The highest BCUT2D eigenvalue weighted by Crippen LogP contribution is 2.00. The number of aliphatic hydroxyl groups is 1. The Hall–Kier alpha value is -1.07. The lowest BCUT2D eigenvalue weighted by atomic mass is 10.3. The molecule has 0 aromatic carbocycles. The highest BCUT2D eigenvalue weighted by atomic mass is 16.3. The van der Waals surface area contributed by atoms with Crippen LogP contribution >= 0.6 is 0 Å². The minimum absolute atomic E-state index is 0.194. The maximum absolute atomic E-state index is 8.90. The van der Waals surface area contributed by atoms with Gasteiger partial charge in [-0.25, -0.2) is 0 Å². The lowest BCUT2D eigenvalue weighted by Gasteiger charge is -2.25. The molecule has 0 atom stereocenters. The van der Waals surface area contributed by atoms with Gasteiger partial charge in [0.2, 0.25) is 0 Å². The van der Waals surface area contributed by atoms with Gasteiger partial charge in [-0.3, -0.25) is 9.58 Å². The molecule has 0 aliphatic heterocycles. The highest BCUT2D eigenvalue weighted by Gasteiger charge is 2.08. The summed E-state index contributed by atoms with van der Waals surface area (Å²) in [5, 5.41) is 13.0. The standard InChI is InChI=1S/C10H20N4O/c1-9(2)13(7-8-15)5-6-14-4-3-10(11)12-14/h3-4,9,15H,5-8H2,1-2H3,(H2,11,12). The van der Waals surface area contributed by atoms with Crippen LogP contribution in [0.2, 0.25) is 0 Å². The van der Waals surface area contributed by atoms with Gasteiger partial charge >= 0.3 is 0 Å². The minimum atomic E-state index is 0.194. The highest BCUT2D eigenvalue weighted by molar-refractivity contribution is 5.23. The monoisotopic (exact) mass is 212 g/mol. The predicted octanol–water partition coefficient (Wildman–Crippen LogP) is 0.168. The van der Waals surface area contributed by atoms with E-state index < -0.39 is 0 Å². The largest absolute Gasteiger partial charge is 0.395 e. The summed E-state index contributed by atoms with van der Waals surface area (Å²) in [5.74, 6) is 0.549. The van der Waals surface area contributed by atoms with Crippen LogP contribution in [0.3, 0.4) is 0 Å². The Labute approximate surface area is 90.5 Å². The van der Waals surface area contributed by atoms with Crippen molar-refractivity contribution in [2.45, 2.75) is 26.4 Å². The van der Waals surface area contributed by atoms with Crippen LogP contribution in [0.4, 0.5) is 5.82 Å². The van der Waals surface area contributed by atoms with Crippen molar-refractivity contribution >= 4 is 5.82 Å². The summed E-state index contributed by atoms with van der Waals surface area (Å²) in [6.07, 6.45) is 1.87. The van der Waals surface area contributed by atoms with Crippen LogP contribution in [0.1, 0.15) is 13.8 Å². The fourth-order valence-corrected chi connectivity index (χ4v) is 1.49. The number of aromatic nitrogens is 2. The van der Waals surface area contributed by atoms with Gasteiger partial charge in [-0.05, 0) is 19.9 Å². The van der Waals surface area contributed by atoms with Gasteiger partial charge in [-0.2, -0.15) is 5.10 Å². The Morgan fingerprint density at radius 1 is 1.53 bits per heavy atom. The SMILES string of the molecule is CC(C)N(CCO)CCn1ccc(N)n1. The fourth-order valence-electron chi connectivity index (χ4n) is 1.49. The van der Waals surface area contributed by atoms with E-state index >= 15 is 0 Å². The molecule has 0 radical (unpaired) electrons. The molecule has 0 spiro atoms. The van der Waals surface area contributed by atoms with Crippen molar-refractivity contribution in [3.8, 4) is 0 Å². The van der Waals surface area contributed by atoms with Crippen LogP contribution in [-0.2, 0) is 6.54 Å². The first-order valence-corrected chi connectivity index (χ1v) is 5.27. The molecule has 0 amide bonds. The number of nitrogens with two attached hydrogens (primary N) is 1. The number of rotatable bonds is 6. The first kappa shape index (κ1) is 12.0. The molecule has 3 N–H and O–H groups in total. The third-order valence-electron chi connectivity index (χ3n) is 2.40. The molecule has 0 aliphatic rings. The summed E-state index contributed by atoms with van der Waals surface area (Å²) in [7, 11) is 0. The lowest BCUT2D eigenvalue weighted by molar-refractivity contribution is 0.159. The zero-order valence-corrected chi connectivity index (χ0v) is 9.43. The number of hydrogen-bond donors (Lipinski definition) is 2. The molecule has 0 fully saturated rings. The van der Waals surface area contributed by atoms with Crippen LogP contribution in [-0.4, -0.2) is 45.5 Å². The molecule has 0 unspecified atom stereocenters. The van der Waals surface area contributed by atoms with E-state index in [1.165, 1.54) is 0 Å². The molecule has 0 saturated carbocycles. The van der Waals surface area contributed by atoms with Gasteiger partial charge in [0.05, 0.1) is 13.2 Å².